The lowest BCUT2D eigenvalue weighted by Crippen LogP contribution is -2.08. The first-order valence-corrected chi connectivity index (χ1v) is 4.28. The fourth-order valence-corrected chi connectivity index (χ4v) is 1.15. The van der Waals surface area contributed by atoms with E-state index in [1.165, 1.54) is 12.8 Å². The third kappa shape index (κ3) is 1.49. The van der Waals surface area contributed by atoms with Gasteiger partial charge in [-0.3, -0.25) is 0 Å². The minimum Gasteiger partial charge on any atom is -0.353 e. The van der Waals surface area contributed by atoms with Crippen LogP contribution in [0.3, 0.4) is 0 Å². The smallest absolute Gasteiger partial charge is 0.203 e. The Labute approximate surface area is 72.1 Å². The highest BCUT2D eigenvalue weighted by Crippen LogP contribution is 2.23. The Morgan fingerprint density at radius 3 is 3.25 bits per heavy atom. The Hall–Kier alpha value is -1.25. The summed E-state index contributed by atoms with van der Waals surface area (Å²) in [6.45, 7) is 4.52. The van der Waals surface area contributed by atoms with Crippen molar-refractivity contribution in [2.75, 3.05) is 5.32 Å². The van der Waals surface area contributed by atoms with E-state index in [1.54, 1.807) is 0 Å². The van der Waals surface area contributed by atoms with Crippen LogP contribution < -0.4 is 5.32 Å². The Morgan fingerprint density at radius 1 is 1.75 bits per heavy atom. The summed E-state index contributed by atoms with van der Waals surface area (Å²) in [5.41, 5.74) is 0. The van der Waals surface area contributed by atoms with Gasteiger partial charge in [0.2, 0.25) is 5.95 Å². The maximum Gasteiger partial charge on any atom is 0.203 e. The predicted molar refractivity (Wildman–Crippen MR) is 49.1 cm³/mol. The van der Waals surface area contributed by atoms with Crippen LogP contribution in [-0.4, -0.2) is 15.6 Å². The second-order valence-electron chi connectivity index (χ2n) is 3.11. The number of rotatable bonds is 4. The molecule has 1 heterocycles. The molecule has 1 aliphatic rings. The first-order chi connectivity index (χ1) is 5.90. The van der Waals surface area contributed by atoms with Crippen LogP contribution in [0.2, 0.25) is 0 Å². The van der Waals surface area contributed by atoms with E-state index in [1.807, 2.05) is 18.5 Å². The molecule has 2 rings (SSSR count). The number of anilines is 1. The van der Waals surface area contributed by atoms with Crippen LogP contribution in [0.25, 0.3) is 0 Å². The van der Waals surface area contributed by atoms with Gasteiger partial charge in [0.25, 0.3) is 0 Å². The van der Waals surface area contributed by atoms with Crippen LogP contribution in [0, 0.1) is 0 Å². The van der Waals surface area contributed by atoms with E-state index in [0.29, 0.717) is 6.04 Å². The fourth-order valence-electron chi connectivity index (χ4n) is 1.15. The van der Waals surface area contributed by atoms with Crippen molar-refractivity contribution in [3.05, 3.63) is 25.0 Å². The fraction of sp³-hybridized carbons (Fsp3) is 0.444. The SMILES string of the molecule is C=CCn1ccnc1NC1CC1. The van der Waals surface area contributed by atoms with Crippen LogP contribution in [0.1, 0.15) is 12.8 Å². The van der Waals surface area contributed by atoms with Gasteiger partial charge in [0.15, 0.2) is 0 Å². The third-order valence-electron chi connectivity index (χ3n) is 1.95. The molecule has 0 spiro atoms. The predicted octanol–water partition coefficient (Wildman–Crippen LogP) is 1.64. The maximum absolute atomic E-state index is 4.22. The summed E-state index contributed by atoms with van der Waals surface area (Å²) in [6, 6.07) is 0.663. The molecule has 1 aromatic rings. The molecule has 1 aliphatic carbocycles. The molecule has 0 saturated heterocycles. The molecule has 0 bridgehead atoms. The van der Waals surface area contributed by atoms with Crippen molar-refractivity contribution in [3.63, 3.8) is 0 Å². The average Bonchev–Trinajstić information content (AvgIpc) is 2.76. The van der Waals surface area contributed by atoms with E-state index in [-0.39, 0.29) is 0 Å². The second-order valence-corrected chi connectivity index (χ2v) is 3.11. The van der Waals surface area contributed by atoms with Gasteiger partial charge < -0.3 is 9.88 Å². The van der Waals surface area contributed by atoms with Crippen molar-refractivity contribution in [2.24, 2.45) is 0 Å². The molecule has 0 amide bonds. The van der Waals surface area contributed by atoms with E-state index in [0.717, 1.165) is 12.5 Å². The van der Waals surface area contributed by atoms with E-state index in [2.05, 4.69) is 21.4 Å². The Morgan fingerprint density at radius 2 is 2.58 bits per heavy atom. The topological polar surface area (TPSA) is 29.9 Å². The highest BCUT2D eigenvalue weighted by atomic mass is 15.2. The standard InChI is InChI=1S/C9H13N3/c1-2-6-12-7-5-10-9(12)11-8-3-4-8/h2,5,7-8H,1,3-4,6H2,(H,10,11). The van der Waals surface area contributed by atoms with Gasteiger partial charge in [0, 0.05) is 25.0 Å². The van der Waals surface area contributed by atoms with Gasteiger partial charge in [0.05, 0.1) is 0 Å². The third-order valence-corrected chi connectivity index (χ3v) is 1.95. The molecule has 0 radical (unpaired) electrons. The molecule has 0 unspecified atom stereocenters. The van der Waals surface area contributed by atoms with E-state index < -0.39 is 0 Å². The molecular weight excluding hydrogens is 150 g/mol. The van der Waals surface area contributed by atoms with Gasteiger partial charge in [-0.05, 0) is 12.8 Å². The molecule has 0 aromatic carbocycles. The Bertz CT molecular complexity index is 273. The maximum atomic E-state index is 4.22. The van der Waals surface area contributed by atoms with E-state index in [9.17, 15) is 0 Å². The van der Waals surface area contributed by atoms with Crippen LogP contribution in [0.5, 0.6) is 0 Å². The van der Waals surface area contributed by atoms with Crippen molar-refractivity contribution in [1.82, 2.24) is 9.55 Å². The summed E-state index contributed by atoms with van der Waals surface area (Å²) in [7, 11) is 0. The summed E-state index contributed by atoms with van der Waals surface area (Å²) in [6.07, 6.45) is 8.21. The highest BCUT2D eigenvalue weighted by Gasteiger charge is 2.22. The van der Waals surface area contributed by atoms with Crippen molar-refractivity contribution in [2.45, 2.75) is 25.4 Å². The van der Waals surface area contributed by atoms with Gasteiger partial charge in [-0.15, -0.1) is 6.58 Å². The molecule has 0 atom stereocenters. The molecule has 1 N–H and O–H groups in total. The number of imidazole rings is 1. The Kier molecular flexibility index (Phi) is 1.86. The zero-order valence-electron chi connectivity index (χ0n) is 7.03. The van der Waals surface area contributed by atoms with Crippen LogP contribution in [-0.2, 0) is 6.54 Å². The van der Waals surface area contributed by atoms with E-state index >= 15 is 0 Å². The molecular formula is C9H13N3. The van der Waals surface area contributed by atoms with Gasteiger partial charge in [0.1, 0.15) is 0 Å². The normalized spacial score (nSPS) is 16.0. The van der Waals surface area contributed by atoms with E-state index in [4.69, 9.17) is 0 Å². The van der Waals surface area contributed by atoms with Gasteiger partial charge in [-0.2, -0.15) is 0 Å². The Balaban J connectivity index is 2.06. The summed E-state index contributed by atoms with van der Waals surface area (Å²) < 4.78 is 2.06. The second kappa shape index (κ2) is 3.01. The lowest BCUT2D eigenvalue weighted by molar-refractivity contribution is 0.819. The summed E-state index contributed by atoms with van der Waals surface area (Å²) in [5.74, 6) is 0.970. The summed E-state index contributed by atoms with van der Waals surface area (Å²) in [5, 5.41) is 3.35. The quantitative estimate of drug-likeness (QED) is 0.684. The minimum absolute atomic E-state index is 0.663. The molecule has 1 fully saturated rings. The first-order valence-electron chi connectivity index (χ1n) is 4.28. The first kappa shape index (κ1) is 7.40. The molecule has 1 aromatic heterocycles. The van der Waals surface area contributed by atoms with Crippen molar-refractivity contribution in [3.8, 4) is 0 Å². The highest BCUT2D eigenvalue weighted by molar-refractivity contribution is 5.29. The number of hydrogen-bond acceptors (Lipinski definition) is 2. The largest absolute Gasteiger partial charge is 0.353 e. The molecule has 64 valence electrons. The lowest BCUT2D eigenvalue weighted by atomic mass is 10.6. The minimum atomic E-state index is 0.663. The molecule has 0 aliphatic heterocycles. The molecule has 3 nitrogen and oxygen atoms in total. The lowest BCUT2D eigenvalue weighted by Gasteiger charge is -2.05. The summed E-state index contributed by atoms with van der Waals surface area (Å²) in [4.78, 5) is 4.22. The monoisotopic (exact) mass is 163 g/mol. The average molecular weight is 163 g/mol. The van der Waals surface area contributed by atoms with Crippen molar-refractivity contribution in [1.29, 1.82) is 0 Å². The molecule has 3 heteroatoms. The molecule has 12 heavy (non-hydrogen) atoms. The number of allylic oxidation sites excluding steroid dienone is 1. The zero-order valence-corrected chi connectivity index (χ0v) is 7.03. The van der Waals surface area contributed by atoms with Crippen molar-refractivity contribution < 1.29 is 0 Å². The van der Waals surface area contributed by atoms with Crippen molar-refractivity contribution >= 4 is 5.95 Å². The van der Waals surface area contributed by atoms with Crippen LogP contribution >= 0.6 is 0 Å². The number of hydrogen-bond donors (Lipinski definition) is 1. The number of nitrogens with one attached hydrogen (secondary N) is 1. The van der Waals surface area contributed by atoms with Crippen LogP contribution in [0.15, 0.2) is 25.0 Å². The van der Waals surface area contributed by atoms with Gasteiger partial charge in [-0.25, -0.2) is 4.98 Å². The van der Waals surface area contributed by atoms with Crippen LogP contribution in [0.4, 0.5) is 5.95 Å². The zero-order chi connectivity index (χ0) is 8.39. The number of aromatic nitrogens is 2. The number of nitrogens with zero attached hydrogens (tertiary/aromatic N) is 2. The van der Waals surface area contributed by atoms with Gasteiger partial charge >= 0.3 is 0 Å². The van der Waals surface area contributed by atoms with Gasteiger partial charge in [-0.1, -0.05) is 6.08 Å². The molecule has 1 saturated carbocycles. The summed E-state index contributed by atoms with van der Waals surface area (Å²) >= 11 is 0.